The summed E-state index contributed by atoms with van der Waals surface area (Å²) in [5, 5.41) is 7.05. The number of H-pyrrole nitrogens is 1. The molecule has 1 aromatic carbocycles. The number of hydrogen-bond acceptors (Lipinski definition) is 3. The van der Waals surface area contributed by atoms with Crippen molar-refractivity contribution in [2.24, 2.45) is 0 Å². The third-order valence-corrected chi connectivity index (χ3v) is 4.66. The lowest BCUT2D eigenvalue weighted by atomic mass is 10.2. The lowest BCUT2D eigenvalue weighted by Crippen LogP contribution is -2.26. The highest BCUT2D eigenvalue weighted by molar-refractivity contribution is 7.89. The predicted molar refractivity (Wildman–Crippen MR) is 73.7 cm³/mol. The first-order chi connectivity index (χ1) is 8.89. The predicted octanol–water partition coefficient (Wildman–Crippen LogP) is 2.54. The molecule has 0 atom stereocenters. The molecule has 0 radical (unpaired) electrons. The Bertz CT molecular complexity index is 651. The molecule has 0 spiro atoms. The molecular weight excluding hydrogens is 309 g/mol. The molecule has 1 aromatic heterocycles. The van der Waals surface area contributed by atoms with E-state index in [2.05, 4.69) is 10.2 Å². The summed E-state index contributed by atoms with van der Waals surface area (Å²) in [6.45, 7) is 0.168. The van der Waals surface area contributed by atoms with E-state index < -0.39 is 10.0 Å². The average molecular weight is 320 g/mol. The molecule has 0 saturated heterocycles. The van der Waals surface area contributed by atoms with Crippen molar-refractivity contribution in [1.29, 1.82) is 0 Å². The van der Waals surface area contributed by atoms with Crippen LogP contribution in [-0.4, -0.2) is 30.0 Å². The van der Waals surface area contributed by atoms with E-state index in [9.17, 15) is 8.42 Å². The van der Waals surface area contributed by atoms with Gasteiger partial charge in [0.05, 0.1) is 6.20 Å². The summed E-state index contributed by atoms with van der Waals surface area (Å²) in [5.74, 6) is 0. The maximum atomic E-state index is 12.2. The van der Waals surface area contributed by atoms with Crippen LogP contribution in [0.3, 0.4) is 0 Å². The molecule has 0 bridgehead atoms. The van der Waals surface area contributed by atoms with Crippen molar-refractivity contribution in [3.05, 3.63) is 46.1 Å². The van der Waals surface area contributed by atoms with E-state index in [-0.39, 0.29) is 11.6 Å². The van der Waals surface area contributed by atoms with Gasteiger partial charge in [0, 0.05) is 23.6 Å². The molecule has 0 aliphatic carbocycles. The molecule has 0 fully saturated rings. The molecule has 0 aliphatic heterocycles. The lowest BCUT2D eigenvalue weighted by molar-refractivity contribution is 0.463. The van der Waals surface area contributed by atoms with E-state index in [1.807, 2.05) is 0 Å². The fourth-order valence-corrected chi connectivity index (χ4v) is 3.23. The first kappa shape index (κ1) is 14.3. The summed E-state index contributed by atoms with van der Waals surface area (Å²) in [6, 6.07) is 6.34. The summed E-state index contributed by atoms with van der Waals surface area (Å²) in [5.41, 5.74) is 0.711. The standard InChI is InChI=1S/C11H11Cl2N3O2S/c1-16(19(17,18)11-2-3-14-15-11)7-8-4-9(12)6-10(13)5-8/h2-6H,7H2,1H3,(H,14,15). The molecular formula is C11H11Cl2N3O2S. The number of benzene rings is 1. The Balaban J connectivity index is 2.24. The highest BCUT2D eigenvalue weighted by atomic mass is 35.5. The maximum Gasteiger partial charge on any atom is 0.260 e. The van der Waals surface area contributed by atoms with E-state index in [1.54, 1.807) is 18.2 Å². The topological polar surface area (TPSA) is 66.1 Å². The van der Waals surface area contributed by atoms with E-state index in [0.29, 0.717) is 15.6 Å². The highest BCUT2D eigenvalue weighted by Gasteiger charge is 2.22. The normalized spacial score (nSPS) is 12.0. The molecule has 2 rings (SSSR count). The van der Waals surface area contributed by atoms with Gasteiger partial charge in [0.1, 0.15) is 0 Å². The summed E-state index contributed by atoms with van der Waals surface area (Å²) in [7, 11) is -2.11. The largest absolute Gasteiger partial charge is 0.266 e. The molecule has 1 heterocycles. The average Bonchev–Trinajstić information content (AvgIpc) is 2.80. The fraction of sp³-hybridized carbons (Fsp3) is 0.182. The minimum absolute atomic E-state index is 0.0446. The van der Waals surface area contributed by atoms with E-state index >= 15 is 0 Å². The highest BCUT2D eigenvalue weighted by Crippen LogP contribution is 2.21. The van der Waals surface area contributed by atoms with Crippen LogP contribution < -0.4 is 0 Å². The van der Waals surface area contributed by atoms with Crippen LogP contribution in [0.2, 0.25) is 10.0 Å². The Hall–Kier alpha value is -1.08. The quantitative estimate of drug-likeness (QED) is 0.941. The van der Waals surface area contributed by atoms with Crippen molar-refractivity contribution in [1.82, 2.24) is 14.5 Å². The lowest BCUT2D eigenvalue weighted by Gasteiger charge is -2.16. The Morgan fingerprint density at radius 3 is 2.42 bits per heavy atom. The molecule has 102 valence electrons. The third-order valence-electron chi connectivity index (χ3n) is 2.49. The fourth-order valence-electron chi connectivity index (χ4n) is 1.60. The summed E-state index contributed by atoms with van der Waals surface area (Å²) in [6.07, 6.45) is 1.39. The van der Waals surface area contributed by atoms with Crippen molar-refractivity contribution in [2.75, 3.05) is 7.05 Å². The Kier molecular flexibility index (Phi) is 4.15. The number of aromatic amines is 1. The van der Waals surface area contributed by atoms with Crippen LogP contribution in [-0.2, 0) is 16.6 Å². The number of sulfonamides is 1. The molecule has 0 amide bonds. The summed E-state index contributed by atoms with van der Waals surface area (Å²) in [4.78, 5) is 0. The van der Waals surface area contributed by atoms with Crippen molar-refractivity contribution >= 4 is 33.2 Å². The van der Waals surface area contributed by atoms with Gasteiger partial charge in [-0.3, -0.25) is 5.10 Å². The summed E-state index contributed by atoms with van der Waals surface area (Å²) < 4.78 is 25.5. The molecule has 2 aromatic rings. The number of nitrogens with zero attached hydrogens (tertiary/aromatic N) is 2. The Labute approximate surface area is 121 Å². The van der Waals surface area contributed by atoms with Crippen LogP contribution >= 0.6 is 23.2 Å². The summed E-state index contributed by atoms with van der Waals surface area (Å²) >= 11 is 11.8. The molecule has 8 heteroatoms. The van der Waals surface area contributed by atoms with E-state index in [0.717, 1.165) is 0 Å². The minimum Gasteiger partial charge on any atom is -0.266 e. The van der Waals surface area contributed by atoms with Gasteiger partial charge in [0.2, 0.25) is 0 Å². The van der Waals surface area contributed by atoms with Crippen LogP contribution in [0, 0.1) is 0 Å². The van der Waals surface area contributed by atoms with E-state index in [1.165, 1.54) is 23.6 Å². The smallest absolute Gasteiger partial charge is 0.260 e. The van der Waals surface area contributed by atoms with E-state index in [4.69, 9.17) is 23.2 Å². The van der Waals surface area contributed by atoms with Crippen molar-refractivity contribution < 1.29 is 8.42 Å². The van der Waals surface area contributed by atoms with Gasteiger partial charge in [-0.2, -0.15) is 9.40 Å². The van der Waals surface area contributed by atoms with Gasteiger partial charge in [-0.05, 0) is 29.8 Å². The maximum absolute atomic E-state index is 12.2. The van der Waals surface area contributed by atoms with Gasteiger partial charge in [0.15, 0.2) is 5.03 Å². The van der Waals surface area contributed by atoms with Gasteiger partial charge in [-0.25, -0.2) is 8.42 Å². The first-order valence-electron chi connectivity index (χ1n) is 5.30. The zero-order valence-electron chi connectivity index (χ0n) is 9.97. The Morgan fingerprint density at radius 1 is 1.26 bits per heavy atom. The first-order valence-corrected chi connectivity index (χ1v) is 7.50. The third kappa shape index (κ3) is 3.27. The van der Waals surface area contributed by atoms with Gasteiger partial charge in [-0.15, -0.1) is 0 Å². The van der Waals surface area contributed by atoms with Gasteiger partial charge in [0.25, 0.3) is 10.0 Å². The zero-order valence-corrected chi connectivity index (χ0v) is 12.3. The van der Waals surface area contributed by atoms with Gasteiger partial charge in [-0.1, -0.05) is 23.2 Å². The minimum atomic E-state index is -3.59. The molecule has 0 saturated carbocycles. The van der Waals surface area contributed by atoms with Crippen LogP contribution in [0.1, 0.15) is 5.56 Å². The van der Waals surface area contributed by atoms with Gasteiger partial charge >= 0.3 is 0 Å². The van der Waals surface area contributed by atoms with Crippen LogP contribution in [0.25, 0.3) is 0 Å². The molecule has 19 heavy (non-hydrogen) atoms. The second-order valence-electron chi connectivity index (χ2n) is 3.96. The molecule has 5 nitrogen and oxygen atoms in total. The van der Waals surface area contributed by atoms with Crippen molar-refractivity contribution in [2.45, 2.75) is 11.6 Å². The second-order valence-corrected chi connectivity index (χ2v) is 6.85. The zero-order chi connectivity index (χ0) is 14.0. The number of aromatic nitrogens is 2. The number of hydrogen-bond donors (Lipinski definition) is 1. The van der Waals surface area contributed by atoms with Crippen molar-refractivity contribution in [3.63, 3.8) is 0 Å². The number of halogens is 2. The number of nitrogens with one attached hydrogen (secondary N) is 1. The van der Waals surface area contributed by atoms with Crippen LogP contribution in [0.15, 0.2) is 35.5 Å². The van der Waals surface area contributed by atoms with Gasteiger partial charge < -0.3 is 0 Å². The monoisotopic (exact) mass is 319 g/mol. The molecule has 1 N–H and O–H groups in total. The SMILES string of the molecule is CN(Cc1cc(Cl)cc(Cl)c1)S(=O)(=O)c1ccn[nH]1. The molecule has 0 unspecified atom stereocenters. The number of rotatable bonds is 4. The van der Waals surface area contributed by atoms with Crippen molar-refractivity contribution in [3.8, 4) is 0 Å². The second kappa shape index (κ2) is 5.50. The van der Waals surface area contributed by atoms with Crippen LogP contribution in [0.4, 0.5) is 0 Å². The van der Waals surface area contributed by atoms with Crippen LogP contribution in [0.5, 0.6) is 0 Å². The molecule has 0 aliphatic rings. The Morgan fingerprint density at radius 2 is 1.89 bits per heavy atom.